The van der Waals surface area contributed by atoms with Crippen LogP contribution in [0.2, 0.25) is 5.02 Å². The van der Waals surface area contributed by atoms with Crippen LogP contribution < -0.4 is 5.32 Å². The van der Waals surface area contributed by atoms with E-state index in [1.165, 1.54) is 12.1 Å². The lowest BCUT2D eigenvalue weighted by Crippen LogP contribution is -2.23. The molecule has 0 spiro atoms. The Bertz CT molecular complexity index is 704. The molecular weight excluding hydrogens is 303 g/mol. The molecule has 0 radical (unpaired) electrons. The Hall–Kier alpha value is -2.01. The zero-order chi connectivity index (χ0) is 15.6. The number of amides is 1. The van der Waals surface area contributed by atoms with Crippen molar-refractivity contribution >= 4 is 17.5 Å². The average Bonchev–Trinajstić information content (AvgIpc) is 2.44. The van der Waals surface area contributed by atoms with E-state index in [9.17, 15) is 18.0 Å². The Kier molecular flexibility index (Phi) is 4.53. The molecule has 0 aliphatic rings. The maximum absolute atomic E-state index is 13.1. The van der Waals surface area contributed by atoms with Gasteiger partial charge in [-0.2, -0.15) is 0 Å². The first-order valence-electron chi connectivity index (χ1n) is 6.06. The third kappa shape index (κ3) is 3.55. The van der Waals surface area contributed by atoms with E-state index in [1.807, 2.05) is 0 Å². The van der Waals surface area contributed by atoms with Gasteiger partial charge in [-0.3, -0.25) is 4.79 Å². The second-order valence-corrected chi connectivity index (χ2v) is 4.92. The van der Waals surface area contributed by atoms with Gasteiger partial charge in [-0.25, -0.2) is 13.2 Å². The van der Waals surface area contributed by atoms with Gasteiger partial charge in [-0.05, 0) is 36.2 Å². The molecule has 0 aliphatic heterocycles. The van der Waals surface area contributed by atoms with Gasteiger partial charge in [-0.1, -0.05) is 23.7 Å². The monoisotopic (exact) mass is 313 g/mol. The summed E-state index contributed by atoms with van der Waals surface area (Å²) in [5, 5.41) is 2.34. The van der Waals surface area contributed by atoms with Crippen LogP contribution in [-0.2, 0) is 6.54 Å². The first kappa shape index (κ1) is 15.4. The zero-order valence-electron chi connectivity index (χ0n) is 11.0. The van der Waals surface area contributed by atoms with Gasteiger partial charge in [0.15, 0.2) is 11.6 Å². The van der Waals surface area contributed by atoms with Gasteiger partial charge in [0.25, 0.3) is 5.91 Å². The molecule has 0 saturated carbocycles. The number of nitrogens with one attached hydrogen (secondary N) is 1. The van der Waals surface area contributed by atoms with Gasteiger partial charge < -0.3 is 5.32 Å². The van der Waals surface area contributed by atoms with Crippen molar-refractivity contribution in [3.63, 3.8) is 0 Å². The molecule has 2 rings (SSSR count). The molecule has 2 aromatic carbocycles. The molecule has 0 heterocycles. The van der Waals surface area contributed by atoms with Crippen molar-refractivity contribution in [3.05, 3.63) is 69.5 Å². The standard InChI is InChI=1S/C15H11ClF3NO/c1-8-4-9(2-3-12(8)17)7-20-15(21)10-5-13(18)14(19)6-11(10)16/h2-6H,7H2,1H3,(H,20,21). The van der Waals surface area contributed by atoms with Crippen LogP contribution >= 0.6 is 11.6 Å². The van der Waals surface area contributed by atoms with E-state index in [-0.39, 0.29) is 22.9 Å². The molecule has 110 valence electrons. The van der Waals surface area contributed by atoms with E-state index >= 15 is 0 Å². The molecule has 0 unspecified atom stereocenters. The predicted molar refractivity (Wildman–Crippen MR) is 73.7 cm³/mol. The Morgan fingerprint density at radius 2 is 1.76 bits per heavy atom. The summed E-state index contributed by atoms with van der Waals surface area (Å²) in [6.07, 6.45) is 0. The number of rotatable bonds is 3. The molecule has 1 amide bonds. The fraction of sp³-hybridized carbons (Fsp3) is 0.133. The minimum absolute atomic E-state index is 0.120. The zero-order valence-corrected chi connectivity index (χ0v) is 11.8. The van der Waals surface area contributed by atoms with Gasteiger partial charge >= 0.3 is 0 Å². The summed E-state index contributed by atoms with van der Waals surface area (Å²) in [5.41, 5.74) is 0.975. The Labute approximate surface area is 124 Å². The number of carbonyl (C=O) groups excluding carboxylic acids is 1. The molecule has 0 aromatic heterocycles. The molecule has 2 nitrogen and oxygen atoms in total. The lowest BCUT2D eigenvalue weighted by molar-refractivity contribution is 0.0950. The maximum atomic E-state index is 13.1. The fourth-order valence-corrected chi connectivity index (χ4v) is 2.03. The minimum atomic E-state index is -1.15. The van der Waals surface area contributed by atoms with Crippen LogP contribution in [0.5, 0.6) is 0 Å². The Morgan fingerprint density at radius 3 is 2.43 bits per heavy atom. The SMILES string of the molecule is Cc1cc(CNC(=O)c2cc(F)c(F)cc2Cl)ccc1F. The van der Waals surface area contributed by atoms with Crippen LogP contribution in [0.25, 0.3) is 0 Å². The van der Waals surface area contributed by atoms with Crippen molar-refractivity contribution in [3.8, 4) is 0 Å². The normalized spacial score (nSPS) is 10.5. The summed E-state index contributed by atoms with van der Waals surface area (Å²) in [7, 11) is 0. The number of benzene rings is 2. The lowest BCUT2D eigenvalue weighted by atomic mass is 10.1. The quantitative estimate of drug-likeness (QED) is 0.853. The van der Waals surface area contributed by atoms with E-state index in [1.54, 1.807) is 13.0 Å². The van der Waals surface area contributed by atoms with Crippen LogP contribution in [0.4, 0.5) is 13.2 Å². The second kappa shape index (κ2) is 6.18. The highest BCUT2D eigenvalue weighted by Crippen LogP contribution is 2.20. The molecule has 0 fully saturated rings. The molecule has 0 atom stereocenters. The van der Waals surface area contributed by atoms with Crippen molar-refractivity contribution in [2.75, 3.05) is 0 Å². The smallest absolute Gasteiger partial charge is 0.253 e. The minimum Gasteiger partial charge on any atom is -0.348 e. The van der Waals surface area contributed by atoms with Crippen molar-refractivity contribution in [2.45, 2.75) is 13.5 Å². The second-order valence-electron chi connectivity index (χ2n) is 4.51. The summed E-state index contributed by atoms with van der Waals surface area (Å²) in [6.45, 7) is 1.72. The van der Waals surface area contributed by atoms with Crippen LogP contribution in [-0.4, -0.2) is 5.91 Å². The topological polar surface area (TPSA) is 29.1 Å². The van der Waals surface area contributed by atoms with Gasteiger partial charge in [0.1, 0.15) is 5.82 Å². The molecular formula is C15H11ClF3NO. The van der Waals surface area contributed by atoms with E-state index in [4.69, 9.17) is 11.6 Å². The molecule has 21 heavy (non-hydrogen) atoms. The number of halogens is 4. The maximum Gasteiger partial charge on any atom is 0.253 e. The summed E-state index contributed by atoms with van der Waals surface area (Å²) in [4.78, 5) is 11.9. The van der Waals surface area contributed by atoms with E-state index in [2.05, 4.69) is 5.32 Å². The molecule has 0 bridgehead atoms. The Balaban J connectivity index is 2.11. The van der Waals surface area contributed by atoms with Crippen molar-refractivity contribution in [1.82, 2.24) is 5.32 Å². The van der Waals surface area contributed by atoms with Gasteiger partial charge in [-0.15, -0.1) is 0 Å². The third-order valence-corrected chi connectivity index (χ3v) is 3.24. The van der Waals surface area contributed by atoms with E-state index in [0.717, 1.165) is 12.1 Å². The van der Waals surface area contributed by atoms with Crippen LogP contribution in [0, 0.1) is 24.4 Å². The van der Waals surface area contributed by atoms with Crippen LogP contribution in [0.3, 0.4) is 0 Å². The highest BCUT2D eigenvalue weighted by molar-refractivity contribution is 6.33. The number of hydrogen-bond acceptors (Lipinski definition) is 1. The molecule has 6 heteroatoms. The van der Waals surface area contributed by atoms with E-state index < -0.39 is 17.5 Å². The van der Waals surface area contributed by atoms with Gasteiger partial charge in [0.05, 0.1) is 10.6 Å². The molecule has 2 aromatic rings. The fourth-order valence-electron chi connectivity index (χ4n) is 1.79. The van der Waals surface area contributed by atoms with Crippen molar-refractivity contribution in [1.29, 1.82) is 0 Å². The first-order chi connectivity index (χ1) is 9.88. The van der Waals surface area contributed by atoms with Gasteiger partial charge in [0.2, 0.25) is 0 Å². The predicted octanol–water partition coefficient (Wildman–Crippen LogP) is 4.00. The lowest BCUT2D eigenvalue weighted by Gasteiger charge is -2.08. The van der Waals surface area contributed by atoms with E-state index in [0.29, 0.717) is 11.1 Å². The number of hydrogen-bond donors (Lipinski definition) is 1. The van der Waals surface area contributed by atoms with Crippen molar-refractivity contribution < 1.29 is 18.0 Å². The highest BCUT2D eigenvalue weighted by atomic mass is 35.5. The molecule has 0 aliphatic carbocycles. The number of carbonyl (C=O) groups is 1. The van der Waals surface area contributed by atoms with Gasteiger partial charge in [0, 0.05) is 6.54 Å². The summed E-state index contributed by atoms with van der Waals surface area (Å²) in [6, 6.07) is 5.88. The largest absolute Gasteiger partial charge is 0.348 e. The third-order valence-electron chi connectivity index (χ3n) is 2.93. The van der Waals surface area contributed by atoms with Crippen LogP contribution in [0.15, 0.2) is 30.3 Å². The molecule has 0 saturated heterocycles. The molecule has 1 N–H and O–H groups in total. The summed E-state index contributed by atoms with van der Waals surface area (Å²) >= 11 is 5.71. The van der Waals surface area contributed by atoms with Crippen molar-refractivity contribution in [2.24, 2.45) is 0 Å². The summed E-state index contributed by atoms with van der Waals surface area (Å²) < 4.78 is 39.2. The summed E-state index contributed by atoms with van der Waals surface area (Å²) in [5.74, 6) is -3.25. The average molecular weight is 314 g/mol. The Morgan fingerprint density at radius 1 is 1.10 bits per heavy atom. The highest BCUT2D eigenvalue weighted by Gasteiger charge is 2.14. The first-order valence-corrected chi connectivity index (χ1v) is 6.44. The number of aryl methyl sites for hydroxylation is 1. The van der Waals surface area contributed by atoms with Crippen LogP contribution in [0.1, 0.15) is 21.5 Å².